The largest absolute Gasteiger partial charge is 0.493 e. The van der Waals surface area contributed by atoms with Gasteiger partial charge < -0.3 is 13.9 Å². The highest BCUT2D eigenvalue weighted by molar-refractivity contribution is 5.81. The van der Waals surface area contributed by atoms with Gasteiger partial charge in [0.25, 0.3) is 0 Å². The number of methoxy groups -OCH3 is 1. The van der Waals surface area contributed by atoms with Crippen LogP contribution in [0.4, 0.5) is 8.78 Å². The minimum atomic E-state index is -0.915. The van der Waals surface area contributed by atoms with Crippen molar-refractivity contribution in [3.63, 3.8) is 0 Å². The van der Waals surface area contributed by atoms with Gasteiger partial charge in [0.1, 0.15) is 11.6 Å². The van der Waals surface area contributed by atoms with Crippen LogP contribution in [0.15, 0.2) is 39.5 Å². The molecule has 1 aliphatic rings. The Morgan fingerprint density at radius 1 is 1.21 bits per heavy atom. The molecular weight excluding hydrogens is 378 g/mol. The maximum absolute atomic E-state index is 14.1. The lowest BCUT2D eigenvalue weighted by Gasteiger charge is -2.13. The summed E-state index contributed by atoms with van der Waals surface area (Å²) in [5, 5.41) is -0.119. The number of ether oxygens (including phenoxy) is 2. The summed E-state index contributed by atoms with van der Waals surface area (Å²) in [7, 11) is 1.57. The second-order valence-corrected chi connectivity index (χ2v) is 7.15. The van der Waals surface area contributed by atoms with Gasteiger partial charge in [-0.05, 0) is 50.0 Å². The molecule has 0 saturated heterocycles. The van der Waals surface area contributed by atoms with Crippen molar-refractivity contribution in [2.45, 2.75) is 19.8 Å². The number of rotatable bonds is 6. The fraction of sp³-hybridized carbons (Fsp3) is 0.261. The van der Waals surface area contributed by atoms with E-state index in [4.69, 9.17) is 13.9 Å². The zero-order valence-electron chi connectivity index (χ0n) is 16.1. The van der Waals surface area contributed by atoms with Gasteiger partial charge in [0.05, 0.1) is 19.1 Å². The van der Waals surface area contributed by atoms with Crippen molar-refractivity contribution >= 4 is 23.1 Å². The van der Waals surface area contributed by atoms with Crippen molar-refractivity contribution in [3.8, 4) is 11.5 Å². The lowest BCUT2D eigenvalue weighted by molar-refractivity contribution is 0.280. The second kappa shape index (κ2) is 7.70. The first kappa shape index (κ1) is 19.2. The maximum Gasteiger partial charge on any atom is 0.196 e. The number of benzene rings is 2. The van der Waals surface area contributed by atoms with E-state index in [2.05, 4.69) is 0 Å². The van der Waals surface area contributed by atoms with E-state index in [1.807, 2.05) is 18.2 Å². The van der Waals surface area contributed by atoms with Gasteiger partial charge in [-0.3, -0.25) is 4.79 Å². The monoisotopic (exact) mass is 398 g/mol. The number of hydrogen-bond donors (Lipinski definition) is 0. The van der Waals surface area contributed by atoms with Crippen molar-refractivity contribution in [2.24, 2.45) is 5.92 Å². The summed E-state index contributed by atoms with van der Waals surface area (Å²) in [6, 6.07) is 7.17. The van der Waals surface area contributed by atoms with Crippen LogP contribution in [0.5, 0.6) is 11.5 Å². The Morgan fingerprint density at radius 2 is 2.00 bits per heavy atom. The molecule has 1 fully saturated rings. The number of para-hydroxylation sites is 1. The van der Waals surface area contributed by atoms with Crippen molar-refractivity contribution in [1.82, 2.24) is 0 Å². The summed E-state index contributed by atoms with van der Waals surface area (Å²) in [6.45, 7) is 2.17. The lowest BCUT2D eigenvalue weighted by atomic mass is 10.1. The second-order valence-electron chi connectivity index (χ2n) is 7.15. The third-order valence-corrected chi connectivity index (χ3v) is 4.98. The normalized spacial score (nSPS) is 13.9. The molecule has 0 spiro atoms. The van der Waals surface area contributed by atoms with Crippen LogP contribution in [0, 0.1) is 24.5 Å². The zero-order chi connectivity index (χ0) is 20.5. The highest BCUT2D eigenvalue weighted by atomic mass is 19.1. The molecule has 3 aromatic rings. The Morgan fingerprint density at radius 3 is 2.72 bits per heavy atom. The van der Waals surface area contributed by atoms with Gasteiger partial charge in [0.15, 0.2) is 28.3 Å². The molecule has 0 unspecified atom stereocenters. The molecule has 150 valence electrons. The molecule has 4 rings (SSSR count). The van der Waals surface area contributed by atoms with Crippen molar-refractivity contribution in [1.29, 1.82) is 0 Å². The van der Waals surface area contributed by atoms with E-state index in [9.17, 15) is 13.6 Å². The standard InChI is InChI=1S/C23H20F2O4/c1-13-19(29-23-17(21(13)26)10-16(24)11-18(23)25)9-8-15-4-3-5-20(27-2)22(15)28-12-14-6-7-14/h3-5,8-11,14H,6-7,12H2,1-2H3. The molecule has 1 aromatic heterocycles. The average molecular weight is 398 g/mol. The maximum atomic E-state index is 14.1. The number of fused-ring (bicyclic) bond motifs is 1. The van der Waals surface area contributed by atoms with Crippen LogP contribution in [0.3, 0.4) is 0 Å². The van der Waals surface area contributed by atoms with Crippen molar-refractivity contribution in [3.05, 3.63) is 69.1 Å². The zero-order valence-corrected chi connectivity index (χ0v) is 16.1. The van der Waals surface area contributed by atoms with E-state index in [0.29, 0.717) is 30.1 Å². The molecule has 1 heterocycles. The first-order chi connectivity index (χ1) is 14.0. The highest BCUT2D eigenvalue weighted by Crippen LogP contribution is 2.36. The topological polar surface area (TPSA) is 48.7 Å². The first-order valence-corrected chi connectivity index (χ1v) is 9.38. The third kappa shape index (κ3) is 3.88. The van der Waals surface area contributed by atoms with Crippen LogP contribution in [0.25, 0.3) is 23.1 Å². The van der Waals surface area contributed by atoms with Crippen LogP contribution in [0.1, 0.15) is 29.7 Å². The lowest BCUT2D eigenvalue weighted by Crippen LogP contribution is -2.08. The SMILES string of the molecule is COc1cccc(C=Cc2oc3c(F)cc(F)cc3c(=O)c2C)c1OCC1CC1. The van der Waals surface area contributed by atoms with E-state index in [0.717, 1.165) is 24.5 Å². The van der Waals surface area contributed by atoms with Gasteiger partial charge in [0, 0.05) is 17.2 Å². The molecule has 29 heavy (non-hydrogen) atoms. The minimum Gasteiger partial charge on any atom is -0.493 e. The van der Waals surface area contributed by atoms with Gasteiger partial charge in [-0.2, -0.15) is 0 Å². The van der Waals surface area contributed by atoms with Gasteiger partial charge in [0.2, 0.25) is 0 Å². The fourth-order valence-electron chi connectivity index (χ4n) is 3.12. The average Bonchev–Trinajstić information content (AvgIpc) is 3.53. The predicted octanol–water partition coefficient (Wildman–Crippen LogP) is 5.35. The smallest absolute Gasteiger partial charge is 0.196 e. The first-order valence-electron chi connectivity index (χ1n) is 9.38. The Labute approximate surface area is 166 Å². The summed E-state index contributed by atoms with van der Waals surface area (Å²) in [6.07, 6.45) is 5.63. The Hall–Kier alpha value is -3.15. The van der Waals surface area contributed by atoms with Crippen LogP contribution >= 0.6 is 0 Å². The van der Waals surface area contributed by atoms with Gasteiger partial charge in [-0.1, -0.05) is 12.1 Å². The fourth-order valence-corrected chi connectivity index (χ4v) is 3.12. The van der Waals surface area contributed by atoms with Crippen LogP contribution in [0.2, 0.25) is 0 Å². The van der Waals surface area contributed by atoms with E-state index in [-0.39, 0.29) is 22.3 Å². The van der Waals surface area contributed by atoms with E-state index < -0.39 is 17.1 Å². The van der Waals surface area contributed by atoms with Crippen LogP contribution in [-0.2, 0) is 0 Å². The Balaban J connectivity index is 1.75. The summed E-state index contributed by atoms with van der Waals surface area (Å²) in [4.78, 5) is 12.5. The van der Waals surface area contributed by atoms with Gasteiger partial charge in [-0.25, -0.2) is 8.78 Å². The quantitative estimate of drug-likeness (QED) is 0.562. The van der Waals surface area contributed by atoms with Crippen LogP contribution in [-0.4, -0.2) is 13.7 Å². The molecule has 0 amide bonds. The predicted molar refractivity (Wildman–Crippen MR) is 107 cm³/mol. The summed E-state index contributed by atoms with van der Waals surface area (Å²) in [5.41, 5.74) is 0.270. The summed E-state index contributed by atoms with van der Waals surface area (Å²) in [5.74, 6) is 0.239. The molecule has 1 aliphatic carbocycles. The minimum absolute atomic E-state index is 0.119. The molecular formula is C23H20F2O4. The third-order valence-electron chi connectivity index (χ3n) is 4.98. The molecule has 0 radical (unpaired) electrons. The molecule has 0 aliphatic heterocycles. The molecule has 2 aromatic carbocycles. The van der Waals surface area contributed by atoms with E-state index >= 15 is 0 Å². The van der Waals surface area contributed by atoms with Gasteiger partial charge >= 0.3 is 0 Å². The molecule has 0 atom stereocenters. The van der Waals surface area contributed by atoms with Gasteiger partial charge in [-0.15, -0.1) is 0 Å². The molecule has 4 nitrogen and oxygen atoms in total. The van der Waals surface area contributed by atoms with E-state index in [1.54, 1.807) is 26.2 Å². The van der Waals surface area contributed by atoms with Crippen LogP contribution < -0.4 is 14.9 Å². The molecule has 0 N–H and O–H groups in total. The van der Waals surface area contributed by atoms with Crippen molar-refractivity contribution in [2.75, 3.05) is 13.7 Å². The molecule has 1 saturated carbocycles. The molecule has 0 bridgehead atoms. The number of hydrogen-bond acceptors (Lipinski definition) is 4. The highest BCUT2D eigenvalue weighted by Gasteiger charge is 2.23. The summed E-state index contributed by atoms with van der Waals surface area (Å²) >= 11 is 0. The Kier molecular flexibility index (Phi) is 5.09. The number of halogens is 2. The summed E-state index contributed by atoms with van der Waals surface area (Å²) < 4.78 is 44.5. The Bertz CT molecular complexity index is 1160. The van der Waals surface area contributed by atoms with E-state index in [1.165, 1.54) is 0 Å². The molecule has 6 heteroatoms. The van der Waals surface area contributed by atoms with Crippen molar-refractivity contribution < 1.29 is 22.7 Å².